The SMILES string of the molecule is CCOC(=O)c1ncccc1NC(=O)[C@H]1Oc2ccccc2O[C@H]1C. The Labute approximate surface area is 144 Å². The maximum absolute atomic E-state index is 12.6. The van der Waals surface area contributed by atoms with Gasteiger partial charge in [0.25, 0.3) is 5.91 Å². The molecule has 25 heavy (non-hydrogen) atoms. The largest absolute Gasteiger partial charge is 0.482 e. The summed E-state index contributed by atoms with van der Waals surface area (Å²) >= 11 is 0. The van der Waals surface area contributed by atoms with Crippen molar-refractivity contribution in [2.75, 3.05) is 11.9 Å². The van der Waals surface area contributed by atoms with Crippen LogP contribution in [0.2, 0.25) is 0 Å². The zero-order valence-electron chi connectivity index (χ0n) is 13.9. The molecule has 0 fully saturated rings. The number of anilines is 1. The molecule has 130 valence electrons. The zero-order chi connectivity index (χ0) is 17.8. The number of fused-ring (bicyclic) bond motifs is 1. The third-order valence-corrected chi connectivity index (χ3v) is 3.64. The number of aromatic nitrogens is 1. The first-order valence-corrected chi connectivity index (χ1v) is 7.95. The molecule has 1 N–H and O–H groups in total. The Morgan fingerprint density at radius 1 is 1.16 bits per heavy atom. The third kappa shape index (κ3) is 3.55. The van der Waals surface area contributed by atoms with Crippen molar-refractivity contribution in [3.63, 3.8) is 0 Å². The maximum atomic E-state index is 12.6. The molecule has 0 saturated carbocycles. The van der Waals surface area contributed by atoms with Gasteiger partial charge in [0.1, 0.15) is 6.10 Å². The van der Waals surface area contributed by atoms with Crippen LogP contribution in [0.4, 0.5) is 5.69 Å². The number of rotatable bonds is 4. The van der Waals surface area contributed by atoms with Gasteiger partial charge in [0.2, 0.25) is 6.10 Å². The molecule has 7 heteroatoms. The number of carbonyl (C=O) groups is 2. The molecule has 1 aromatic carbocycles. The highest BCUT2D eigenvalue weighted by Crippen LogP contribution is 2.33. The summed E-state index contributed by atoms with van der Waals surface area (Å²) in [4.78, 5) is 28.6. The van der Waals surface area contributed by atoms with Crippen LogP contribution in [0.5, 0.6) is 11.5 Å². The summed E-state index contributed by atoms with van der Waals surface area (Å²) in [6.07, 6.45) is 0.115. The van der Waals surface area contributed by atoms with Gasteiger partial charge in [0.05, 0.1) is 12.3 Å². The first kappa shape index (κ1) is 16.8. The van der Waals surface area contributed by atoms with Crippen LogP contribution in [0, 0.1) is 0 Å². The molecule has 0 bridgehead atoms. The van der Waals surface area contributed by atoms with Crippen molar-refractivity contribution in [2.45, 2.75) is 26.1 Å². The topological polar surface area (TPSA) is 86.8 Å². The van der Waals surface area contributed by atoms with Crippen molar-refractivity contribution >= 4 is 17.6 Å². The standard InChI is InChI=1S/C18H18N2O5/c1-3-23-18(22)15-12(7-6-10-19-15)20-17(21)16-11(2)24-13-8-4-5-9-14(13)25-16/h4-11,16H,3H2,1-2H3,(H,20,21)/t11-,16-/m0/s1. The van der Waals surface area contributed by atoms with Gasteiger partial charge in [-0.2, -0.15) is 0 Å². The summed E-state index contributed by atoms with van der Waals surface area (Å²) in [7, 11) is 0. The summed E-state index contributed by atoms with van der Waals surface area (Å²) in [6, 6.07) is 10.3. The molecule has 0 radical (unpaired) electrons. The van der Waals surface area contributed by atoms with Gasteiger partial charge >= 0.3 is 5.97 Å². The highest BCUT2D eigenvalue weighted by molar-refractivity contribution is 6.01. The fourth-order valence-corrected chi connectivity index (χ4v) is 2.48. The van der Waals surface area contributed by atoms with E-state index in [1.165, 1.54) is 6.20 Å². The van der Waals surface area contributed by atoms with Crippen LogP contribution in [0.25, 0.3) is 0 Å². The summed E-state index contributed by atoms with van der Waals surface area (Å²) < 4.78 is 16.4. The number of para-hydroxylation sites is 2. The van der Waals surface area contributed by atoms with Crippen molar-refractivity contribution in [3.05, 3.63) is 48.3 Å². The number of nitrogens with one attached hydrogen (secondary N) is 1. The van der Waals surface area contributed by atoms with Crippen LogP contribution in [0.1, 0.15) is 24.3 Å². The molecule has 1 aliphatic rings. The smallest absolute Gasteiger partial charge is 0.359 e. The lowest BCUT2D eigenvalue weighted by atomic mass is 10.1. The molecular formula is C18H18N2O5. The van der Waals surface area contributed by atoms with Gasteiger partial charge < -0.3 is 19.5 Å². The first-order chi connectivity index (χ1) is 12.1. The van der Waals surface area contributed by atoms with E-state index in [0.29, 0.717) is 11.5 Å². The third-order valence-electron chi connectivity index (χ3n) is 3.64. The van der Waals surface area contributed by atoms with E-state index in [4.69, 9.17) is 14.2 Å². The van der Waals surface area contributed by atoms with Crippen molar-refractivity contribution in [2.24, 2.45) is 0 Å². The molecule has 0 saturated heterocycles. The molecule has 1 aliphatic heterocycles. The lowest BCUT2D eigenvalue weighted by molar-refractivity contribution is -0.128. The van der Waals surface area contributed by atoms with Crippen molar-refractivity contribution in [3.8, 4) is 11.5 Å². The second-order valence-electron chi connectivity index (χ2n) is 5.42. The van der Waals surface area contributed by atoms with E-state index < -0.39 is 24.1 Å². The maximum Gasteiger partial charge on any atom is 0.359 e. The van der Waals surface area contributed by atoms with E-state index in [0.717, 1.165) is 0 Å². The Morgan fingerprint density at radius 2 is 1.88 bits per heavy atom. The van der Waals surface area contributed by atoms with Gasteiger partial charge in [-0.15, -0.1) is 0 Å². The van der Waals surface area contributed by atoms with Crippen LogP contribution in [0.3, 0.4) is 0 Å². The molecule has 0 unspecified atom stereocenters. The van der Waals surface area contributed by atoms with Crippen LogP contribution in [-0.4, -0.2) is 35.7 Å². The number of pyridine rings is 1. The quantitative estimate of drug-likeness (QED) is 0.859. The van der Waals surface area contributed by atoms with Gasteiger partial charge in [-0.1, -0.05) is 12.1 Å². The van der Waals surface area contributed by atoms with Crippen LogP contribution in [-0.2, 0) is 9.53 Å². The Bertz CT molecular complexity index is 793. The number of esters is 1. The van der Waals surface area contributed by atoms with E-state index in [2.05, 4.69) is 10.3 Å². The lowest BCUT2D eigenvalue weighted by Crippen LogP contribution is -2.46. The van der Waals surface area contributed by atoms with Crippen LogP contribution < -0.4 is 14.8 Å². The van der Waals surface area contributed by atoms with Crippen LogP contribution in [0.15, 0.2) is 42.6 Å². The number of carbonyl (C=O) groups excluding carboxylic acids is 2. The number of nitrogens with zero attached hydrogens (tertiary/aromatic N) is 1. The first-order valence-electron chi connectivity index (χ1n) is 7.95. The fraction of sp³-hybridized carbons (Fsp3) is 0.278. The highest BCUT2D eigenvalue weighted by Gasteiger charge is 2.34. The van der Waals surface area contributed by atoms with Gasteiger partial charge in [0.15, 0.2) is 17.2 Å². The van der Waals surface area contributed by atoms with Crippen molar-refractivity contribution in [1.29, 1.82) is 0 Å². The molecule has 1 amide bonds. The molecule has 0 aliphatic carbocycles. The Hall–Kier alpha value is -3.09. The normalized spacial score (nSPS) is 18.3. The summed E-state index contributed by atoms with van der Waals surface area (Å²) in [5.41, 5.74) is 0.308. The molecule has 3 rings (SSSR count). The molecule has 2 aromatic rings. The van der Waals surface area contributed by atoms with E-state index in [9.17, 15) is 9.59 Å². The van der Waals surface area contributed by atoms with E-state index in [1.807, 2.05) is 6.07 Å². The zero-order valence-corrected chi connectivity index (χ0v) is 13.9. The monoisotopic (exact) mass is 342 g/mol. The molecule has 2 heterocycles. The van der Waals surface area contributed by atoms with Gasteiger partial charge in [-0.05, 0) is 38.1 Å². The highest BCUT2D eigenvalue weighted by atomic mass is 16.6. The van der Waals surface area contributed by atoms with Gasteiger partial charge in [-0.3, -0.25) is 4.79 Å². The average Bonchev–Trinajstić information content (AvgIpc) is 2.61. The number of benzene rings is 1. The minimum atomic E-state index is -0.856. The molecule has 0 spiro atoms. The fourth-order valence-electron chi connectivity index (χ4n) is 2.48. The number of amides is 1. The van der Waals surface area contributed by atoms with Crippen LogP contribution >= 0.6 is 0 Å². The molecule has 2 atom stereocenters. The number of hydrogen-bond acceptors (Lipinski definition) is 6. The minimum Gasteiger partial charge on any atom is -0.482 e. The lowest BCUT2D eigenvalue weighted by Gasteiger charge is -2.31. The molecular weight excluding hydrogens is 324 g/mol. The average molecular weight is 342 g/mol. The second-order valence-corrected chi connectivity index (χ2v) is 5.42. The van der Waals surface area contributed by atoms with E-state index in [1.54, 1.807) is 44.2 Å². The van der Waals surface area contributed by atoms with Crippen molar-refractivity contribution < 1.29 is 23.8 Å². The second kappa shape index (κ2) is 7.21. The predicted molar refractivity (Wildman–Crippen MR) is 89.8 cm³/mol. The Balaban J connectivity index is 1.78. The number of ether oxygens (including phenoxy) is 3. The van der Waals surface area contributed by atoms with E-state index in [-0.39, 0.29) is 18.0 Å². The summed E-state index contributed by atoms with van der Waals surface area (Å²) in [5.74, 6) is 0.0587. The Kier molecular flexibility index (Phi) is 4.83. The molecule has 7 nitrogen and oxygen atoms in total. The summed E-state index contributed by atoms with van der Waals surface area (Å²) in [5, 5.41) is 2.67. The van der Waals surface area contributed by atoms with Gasteiger partial charge in [0, 0.05) is 6.20 Å². The van der Waals surface area contributed by atoms with E-state index >= 15 is 0 Å². The van der Waals surface area contributed by atoms with Crippen molar-refractivity contribution in [1.82, 2.24) is 4.98 Å². The molecule has 1 aromatic heterocycles. The summed E-state index contributed by atoms with van der Waals surface area (Å²) in [6.45, 7) is 3.66. The number of hydrogen-bond donors (Lipinski definition) is 1. The minimum absolute atomic E-state index is 0.0440. The Morgan fingerprint density at radius 3 is 2.60 bits per heavy atom. The van der Waals surface area contributed by atoms with Gasteiger partial charge in [-0.25, -0.2) is 9.78 Å². The predicted octanol–water partition coefficient (Wildman–Crippen LogP) is 2.43.